The van der Waals surface area contributed by atoms with Gasteiger partial charge in [0.15, 0.2) is 0 Å². The summed E-state index contributed by atoms with van der Waals surface area (Å²) in [7, 11) is 0. The van der Waals surface area contributed by atoms with Crippen molar-refractivity contribution in [3.05, 3.63) is 46.7 Å². The monoisotopic (exact) mass is 207 g/mol. The van der Waals surface area contributed by atoms with E-state index in [2.05, 4.69) is 10.2 Å². The Balaban J connectivity index is 2.28. The lowest BCUT2D eigenvalue weighted by Gasteiger charge is -2.04. The van der Waals surface area contributed by atoms with Crippen LogP contribution in [0.1, 0.15) is 11.3 Å². The molecule has 2 rings (SSSR count). The van der Waals surface area contributed by atoms with Crippen LogP contribution in [0.15, 0.2) is 30.5 Å². The zero-order chi connectivity index (χ0) is 9.97. The van der Waals surface area contributed by atoms with E-state index in [0.29, 0.717) is 5.02 Å². The second kappa shape index (κ2) is 3.72. The number of hydrogen-bond donors (Lipinski definition) is 2. The number of aromatic amines is 1. The Morgan fingerprint density at radius 1 is 1.36 bits per heavy atom. The standard InChI is InChI=1S/C10H10ClN3/c11-8-1-2-10(12)7(5-8)6-9-3-4-13-14-9/h1-5H,6,12H2,(H,13,14). The molecule has 3 nitrogen and oxygen atoms in total. The molecule has 4 heteroatoms. The van der Waals surface area contributed by atoms with E-state index in [1.54, 1.807) is 12.3 Å². The third-order valence-electron chi connectivity index (χ3n) is 2.04. The lowest BCUT2D eigenvalue weighted by Crippen LogP contribution is -1.95. The van der Waals surface area contributed by atoms with E-state index < -0.39 is 0 Å². The molecule has 0 unspecified atom stereocenters. The van der Waals surface area contributed by atoms with Gasteiger partial charge in [-0.3, -0.25) is 5.10 Å². The zero-order valence-electron chi connectivity index (χ0n) is 7.50. The molecular weight excluding hydrogens is 198 g/mol. The van der Waals surface area contributed by atoms with Crippen LogP contribution >= 0.6 is 11.6 Å². The molecular formula is C10H10ClN3. The van der Waals surface area contributed by atoms with Gasteiger partial charge in [-0.25, -0.2) is 0 Å². The van der Waals surface area contributed by atoms with Gasteiger partial charge >= 0.3 is 0 Å². The Morgan fingerprint density at radius 3 is 2.93 bits per heavy atom. The van der Waals surface area contributed by atoms with Crippen molar-refractivity contribution in [2.45, 2.75) is 6.42 Å². The number of aromatic nitrogens is 2. The number of halogens is 1. The van der Waals surface area contributed by atoms with Gasteiger partial charge < -0.3 is 5.73 Å². The van der Waals surface area contributed by atoms with Crippen molar-refractivity contribution in [3.8, 4) is 0 Å². The maximum absolute atomic E-state index is 5.88. The minimum absolute atomic E-state index is 0.703. The molecule has 2 aromatic rings. The lowest BCUT2D eigenvalue weighted by atomic mass is 10.1. The highest BCUT2D eigenvalue weighted by Gasteiger charge is 2.02. The highest BCUT2D eigenvalue weighted by atomic mass is 35.5. The fourth-order valence-electron chi connectivity index (χ4n) is 1.32. The minimum atomic E-state index is 0.703. The van der Waals surface area contributed by atoms with Gasteiger partial charge in [0, 0.05) is 29.0 Å². The van der Waals surface area contributed by atoms with Gasteiger partial charge in [0.1, 0.15) is 0 Å². The van der Waals surface area contributed by atoms with Crippen LogP contribution < -0.4 is 5.73 Å². The molecule has 0 atom stereocenters. The van der Waals surface area contributed by atoms with Crippen LogP contribution in [-0.4, -0.2) is 10.2 Å². The molecule has 14 heavy (non-hydrogen) atoms. The van der Waals surface area contributed by atoms with Crippen molar-refractivity contribution in [2.75, 3.05) is 5.73 Å². The average molecular weight is 208 g/mol. The van der Waals surface area contributed by atoms with Crippen LogP contribution in [0.5, 0.6) is 0 Å². The summed E-state index contributed by atoms with van der Waals surface area (Å²) in [5, 5.41) is 7.46. The molecule has 0 fully saturated rings. The van der Waals surface area contributed by atoms with E-state index >= 15 is 0 Å². The van der Waals surface area contributed by atoms with E-state index in [1.165, 1.54) is 0 Å². The smallest absolute Gasteiger partial charge is 0.0490 e. The van der Waals surface area contributed by atoms with Gasteiger partial charge in [-0.1, -0.05) is 11.6 Å². The third kappa shape index (κ3) is 1.88. The number of H-pyrrole nitrogens is 1. The summed E-state index contributed by atoms with van der Waals surface area (Å²) in [6.07, 6.45) is 2.45. The normalized spacial score (nSPS) is 10.4. The molecule has 3 N–H and O–H groups in total. The summed E-state index contributed by atoms with van der Waals surface area (Å²) in [5.41, 5.74) is 8.61. The first-order valence-corrected chi connectivity index (χ1v) is 4.65. The van der Waals surface area contributed by atoms with Crippen molar-refractivity contribution in [3.63, 3.8) is 0 Å². The van der Waals surface area contributed by atoms with E-state index in [-0.39, 0.29) is 0 Å². The number of nitrogens with one attached hydrogen (secondary N) is 1. The van der Waals surface area contributed by atoms with Crippen LogP contribution in [0.25, 0.3) is 0 Å². The van der Waals surface area contributed by atoms with E-state index in [0.717, 1.165) is 23.4 Å². The molecule has 72 valence electrons. The van der Waals surface area contributed by atoms with E-state index in [4.69, 9.17) is 17.3 Å². The van der Waals surface area contributed by atoms with Crippen molar-refractivity contribution in [1.29, 1.82) is 0 Å². The second-order valence-electron chi connectivity index (χ2n) is 3.10. The fourth-order valence-corrected chi connectivity index (χ4v) is 1.51. The van der Waals surface area contributed by atoms with E-state index in [1.807, 2.05) is 18.2 Å². The Labute approximate surface area is 86.9 Å². The number of benzene rings is 1. The Kier molecular flexibility index (Phi) is 2.41. The number of hydrogen-bond acceptors (Lipinski definition) is 2. The van der Waals surface area contributed by atoms with Gasteiger partial charge in [0.2, 0.25) is 0 Å². The van der Waals surface area contributed by atoms with E-state index in [9.17, 15) is 0 Å². The van der Waals surface area contributed by atoms with Crippen LogP contribution in [-0.2, 0) is 6.42 Å². The van der Waals surface area contributed by atoms with Crippen molar-refractivity contribution >= 4 is 17.3 Å². The highest BCUT2D eigenvalue weighted by molar-refractivity contribution is 6.30. The maximum atomic E-state index is 5.88. The van der Waals surface area contributed by atoms with Crippen LogP contribution in [0.3, 0.4) is 0 Å². The zero-order valence-corrected chi connectivity index (χ0v) is 8.25. The van der Waals surface area contributed by atoms with Gasteiger partial charge in [0.25, 0.3) is 0 Å². The molecule has 0 saturated carbocycles. The molecule has 0 amide bonds. The van der Waals surface area contributed by atoms with Crippen LogP contribution in [0.2, 0.25) is 5.02 Å². The largest absolute Gasteiger partial charge is 0.398 e. The SMILES string of the molecule is Nc1ccc(Cl)cc1Cc1ccn[nH]1. The van der Waals surface area contributed by atoms with Crippen LogP contribution in [0.4, 0.5) is 5.69 Å². The molecule has 1 heterocycles. The van der Waals surface area contributed by atoms with Crippen molar-refractivity contribution in [1.82, 2.24) is 10.2 Å². The van der Waals surface area contributed by atoms with Crippen molar-refractivity contribution in [2.24, 2.45) is 0 Å². The van der Waals surface area contributed by atoms with Gasteiger partial charge in [-0.15, -0.1) is 0 Å². The predicted octanol–water partition coefficient (Wildman–Crippen LogP) is 2.24. The third-order valence-corrected chi connectivity index (χ3v) is 2.28. The molecule has 0 aliphatic rings. The molecule has 0 aliphatic carbocycles. The summed E-state index contributed by atoms with van der Waals surface area (Å²) < 4.78 is 0. The summed E-state index contributed by atoms with van der Waals surface area (Å²) in [6.45, 7) is 0. The molecule has 1 aromatic heterocycles. The maximum Gasteiger partial charge on any atom is 0.0490 e. The summed E-state index contributed by atoms with van der Waals surface area (Å²) in [6, 6.07) is 7.39. The molecule has 0 radical (unpaired) electrons. The summed E-state index contributed by atoms with van der Waals surface area (Å²) >= 11 is 5.88. The number of nitrogens with zero attached hydrogens (tertiary/aromatic N) is 1. The number of anilines is 1. The van der Waals surface area contributed by atoms with Gasteiger partial charge in [-0.2, -0.15) is 5.10 Å². The lowest BCUT2D eigenvalue weighted by molar-refractivity contribution is 0.998. The Hall–Kier alpha value is -1.48. The second-order valence-corrected chi connectivity index (χ2v) is 3.54. The Bertz CT molecular complexity index is 423. The topological polar surface area (TPSA) is 54.7 Å². The molecule has 0 bridgehead atoms. The van der Waals surface area contributed by atoms with Gasteiger partial charge in [0.05, 0.1) is 0 Å². The molecule has 0 saturated heterocycles. The number of nitrogen functional groups attached to an aromatic ring is 1. The first-order valence-electron chi connectivity index (χ1n) is 4.28. The minimum Gasteiger partial charge on any atom is -0.398 e. The van der Waals surface area contributed by atoms with Gasteiger partial charge in [-0.05, 0) is 29.8 Å². The van der Waals surface area contributed by atoms with Crippen molar-refractivity contribution < 1.29 is 0 Å². The predicted molar refractivity (Wildman–Crippen MR) is 57.3 cm³/mol. The van der Waals surface area contributed by atoms with Crippen LogP contribution in [0, 0.1) is 0 Å². The summed E-state index contributed by atoms with van der Waals surface area (Å²) in [4.78, 5) is 0. The quantitative estimate of drug-likeness (QED) is 0.743. The molecule has 0 spiro atoms. The fraction of sp³-hybridized carbons (Fsp3) is 0.100. The molecule has 1 aromatic carbocycles. The highest BCUT2D eigenvalue weighted by Crippen LogP contribution is 2.20. The molecule has 0 aliphatic heterocycles. The number of nitrogens with two attached hydrogens (primary N) is 1. The average Bonchev–Trinajstić information content (AvgIpc) is 2.64. The Morgan fingerprint density at radius 2 is 2.21 bits per heavy atom. The first-order chi connectivity index (χ1) is 6.75. The number of rotatable bonds is 2. The first kappa shape index (κ1) is 9.09. The summed E-state index contributed by atoms with van der Waals surface area (Å²) in [5.74, 6) is 0.